The molecule has 3 nitrogen and oxygen atoms in total. The minimum absolute atomic E-state index is 0.00442. The van der Waals surface area contributed by atoms with E-state index in [1.807, 2.05) is 31.2 Å². The molecule has 1 unspecified atom stereocenters. The zero-order chi connectivity index (χ0) is 18.0. The van der Waals surface area contributed by atoms with E-state index >= 15 is 0 Å². The number of nitrogens with zero attached hydrogens (tertiary/aromatic N) is 1. The second-order valence-corrected chi connectivity index (χ2v) is 6.97. The third-order valence-electron chi connectivity index (χ3n) is 4.28. The summed E-state index contributed by atoms with van der Waals surface area (Å²) in [6.07, 6.45) is 2.19. The maximum atomic E-state index is 12.4. The zero-order valence-corrected chi connectivity index (χ0v) is 15.2. The topological polar surface area (TPSA) is 49.7 Å². The van der Waals surface area contributed by atoms with Crippen LogP contribution in [0.2, 0.25) is 10.0 Å². The number of ketones is 1. The number of benzene rings is 2. The molecule has 2 aromatic rings. The van der Waals surface area contributed by atoms with Gasteiger partial charge in [-0.2, -0.15) is 0 Å². The van der Waals surface area contributed by atoms with Gasteiger partial charge in [0, 0.05) is 19.1 Å². The Labute approximate surface area is 156 Å². The van der Waals surface area contributed by atoms with E-state index in [9.17, 15) is 9.90 Å². The Morgan fingerprint density at radius 3 is 2.44 bits per heavy atom. The van der Waals surface area contributed by atoms with Crippen LogP contribution in [-0.2, 0) is 4.79 Å². The summed E-state index contributed by atoms with van der Waals surface area (Å²) < 4.78 is 0. The van der Waals surface area contributed by atoms with E-state index in [-0.39, 0.29) is 23.0 Å². The lowest BCUT2D eigenvalue weighted by atomic mass is 9.83. The third kappa shape index (κ3) is 4.12. The molecule has 1 atom stereocenters. The van der Waals surface area contributed by atoms with Gasteiger partial charge in [0.25, 0.3) is 0 Å². The second-order valence-electron chi connectivity index (χ2n) is 6.16. The van der Waals surface area contributed by atoms with Crippen LogP contribution in [0.4, 0.5) is 5.69 Å². The molecule has 3 rings (SSSR count). The summed E-state index contributed by atoms with van der Waals surface area (Å²) in [7, 11) is 0. The highest BCUT2D eigenvalue weighted by Crippen LogP contribution is 2.33. The molecule has 25 heavy (non-hydrogen) atoms. The summed E-state index contributed by atoms with van der Waals surface area (Å²) in [4.78, 5) is 16.7. The van der Waals surface area contributed by atoms with E-state index in [1.165, 1.54) is 11.8 Å². The fourth-order valence-electron chi connectivity index (χ4n) is 2.84. The van der Waals surface area contributed by atoms with Gasteiger partial charge in [-0.1, -0.05) is 53.0 Å². The number of aliphatic hydroxyl groups excluding tert-OH is 1. The van der Waals surface area contributed by atoms with Crippen molar-refractivity contribution in [2.75, 3.05) is 0 Å². The fourth-order valence-corrected chi connectivity index (χ4v) is 3.13. The van der Waals surface area contributed by atoms with Gasteiger partial charge in [-0.25, -0.2) is 0 Å². The van der Waals surface area contributed by atoms with Crippen molar-refractivity contribution in [3.8, 4) is 0 Å². The molecule has 0 fully saturated rings. The Bertz CT molecular complexity index is 870. The van der Waals surface area contributed by atoms with Crippen LogP contribution in [0, 0.1) is 6.92 Å². The van der Waals surface area contributed by atoms with Gasteiger partial charge in [0.15, 0.2) is 5.78 Å². The predicted molar refractivity (Wildman–Crippen MR) is 102 cm³/mol. The van der Waals surface area contributed by atoms with Crippen LogP contribution in [0.3, 0.4) is 0 Å². The molecule has 5 heteroatoms. The van der Waals surface area contributed by atoms with Gasteiger partial charge in [-0.15, -0.1) is 0 Å². The highest BCUT2D eigenvalue weighted by molar-refractivity contribution is 6.42. The summed E-state index contributed by atoms with van der Waals surface area (Å²) in [6, 6.07) is 13.0. The lowest BCUT2D eigenvalue weighted by Crippen LogP contribution is -2.19. The lowest BCUT2D eigenvalue weighted by Gasteiger charge is -2.22. The molecule has 0 bridgehead atoms. The lowest BCUT2D eigenvalue weighted by molar-refractivity contribution is -0.116. The van der Waals surface area contributed by atoms with E-state index in [0.717, 1.165) is 5.56 Å². The number of halogens is 2. The van der Waals surface area contributed by atoms with Crippen molar-refractivity contribution < 1.29 is 9.90 Å². The molecule has 128 valence electrons. The Morgan fingerprint density at radius 2 is 1.80 bits per heavy atom. The molecule has 1 N–H and O–H groups in total. The number of carbonyl (C=O) groups is 1. The highest BCUT2D eigenvalue weighted by atomic mass is 35.5. The molecule has 0 radical (unpaired) electrons. The van der Waals surface area contributed by atoms with E-state index < -0.39 is 0 Å². The van der Waals surface area contributed by atoms with Crippen molar-refractivity contribution in [1.82, 2.24) is 0 Å². The molecule has 1 aliphatic rings. The van der Waals surface area contributed by atoms with Crippen LogP contribution in [0.25, 0.3) is 0 Å². The SMILES string of the molecule is Cc1ccc(C2CC(=O)C(C=Nc3ccc(Cl)c(Cl)c3)=C(O)C2)cc1. The number of aliphatic imine (C=N–C) groups is 1. The molecule has 0 aromatic heterocycles. The van der Waals surface area contributed by atoms with Gasteiger partial charge in [0.05, 0.1) is 21.3 Å². The van der Waals surface area contributed by atoms with Crippen molar-refractivity contribution in [3.05, 3.63) is 75.0 Å². The molecule has 0 aliphatic heterocycles. The van der Waals surface area contributed by atoms with Gasteiger partial charge in [0.2, 0.25) is 0 Å². The Kier molecular flexibility index (Phi) is 5.26. The summed E-state index contributed by atoms with van der Waals surface area (Å²) in [5, 5.41) is 11.2. The highest BCUT2D eigenvalue weighted by Gasteiger charge is 2.27. The van der Waals surface area contributed by atoms with Crippen LogP contribution in [-0.4, -0.2) is 17.1 Å². The molecule has 1 aliphatic carbocycles. The molecule has 0 saturated heterocycles. The smallest absolute Gasteiger partial charge is 0.168 e. The van der Waals surface area contributed by atoms with Gasteiger partial charge in [-0.3, -0.25) is 9.79 Å². The number of aliphatic hydroxyl groups is 1. The minimum atomic E-state index is -0.113. The molecule has 2 aromatic carbocycles. The molecule has 0 spiro atoms. The average molecular weight is 374 g/mol. The summed E-state index contributed by atoms with van der Waals surface area (Å²) in [5.74, 6) is -0.0426. The predicted octanol–water partition coefficient (Wildman–Crippen LogP) is 5.96. The Balaban J connectivity index is 1.81. The summed E-state index contributed by atoms with van der Waals surface area (Å²) in [5.41, 5.74) is 3.06. The van der Waals surface area contributed by atoms with E-state index in [0.29, 0.717) is 28.6 Å². The first-order chi connectivity index (χ1) is 11.9. The van der Waals surface area contributed by atoms with Crippen molar-refractivity contribution >= 4 is 40.9 Å². The first-order valence-corrected chi connectivity index (χ1v) is 8.70. The largest absolute Gasteiger partial charge is 0.511 e. The molecular weight excluding hydrogens is 357 g/mol. The van der Waals surface area contributed by atoms with E-state index in [1.54, 1.807) is 18.2 Å². The van der Waals surface area contributed by atoms with Gasteiger partial charge >= 0.3 is 0 Å². The summed E-state index contributed by atoms with van der Waals surface area (Å²) in [6.45, 7) is 2.02. The maximum absolute atomic E-state index is 12.4. The van der Waals surface area contributed by atoms with Gasteiger partial charge in [0.1, 0.15) is 5.76 Å². The normalized spacial score (nSPS) is 18.2. The first kappa shape index (κ1) is 17.7. The quantitative estimate of drug-likeness (QED) is 0.674. The fraction of sp³-hybridized carbons (Fsp3) is 0.200. The maximum Gasteiger partial charge on any atom is 0.168 e. The Hall–Kier alpha value is -2.10. The van der Waals surface area contributed by atoms with Gasteiger partial charge in [-0.05, 0) is 36.6 Å². The Morgan fingerprint density at radius 1 is 1.08 bits per heavy atom. The van der Waals surface area contributed by atoms with Crippen LogP contribution in [0.5, 0.6) is 0 Å². The zero-order valence-electron chi connectivity index (χ0n) is 13.7. The monoisotopic (exact) mass is 373 g/mol. The number of rotatable bonds is 3. The number of Topliss-reactive ketones (excluding diaryl/α,β-unsaturated/α-hetero) is 1. The van der Waals surface area contributed by atoms with Crippen LogP contribution >= 0.6 is 23.2 Å². The average Bonchev–Trinajstić information content (AvgIpc) is 2.57. The number of carbonyl (C=O) groups excluding carboxylic acids is 1. The van der Waals surface area contributed by atoms with E-state index in [4.69, 9.17) is 23.2 Å². The van der Waals surface area contributed by atoms with Crippen LogP contribution in [0.1, 0.15) is 29.9 Å². The summed E-state index contributed by atoms with van der Waals surface area (Å²) >= 11 is 11.8. The number of hydrogen-bond acceptors (Lipinski definition) is 3. The minimum Gasteiger partial charge on any atom is -0.511 e. The van der Waals surface area contributed by atoms with Crippen molar-refractivity contribution in [2.24, 2.45) is 4.99 Å². The number of hydrogen-bond donors (Lipinski definition) is 1. The molecular formula is C20H17Cl2NO2. The van der Waals surface area contributed by atoms with Gasteiger partial charge < -0.3 is 5.11 Å². The number of allylic oxidation sites excluding steroid dienone is 2. The van der Waals surface area contributed by atoms with Crippen molar-refractivity contribution in [1.29, 1.82) is 0 Å². The molecule has 0 heterocycles. The second kappa shape index (κ2) is 7.42. The van der Waals surface area contributed by atoms with Crippen molar-refractivity contribution in [2.45, 2.75) is 25.7 Å². The third-order valence-corrected chi connectivity index (χ3v) is 5.02. The van der Waals surface area contributed by atoms with Crippen LogP contribution in [0.15, 0.2) is 58.8 Å². The van der Waals surface area contributed by atoms with E-state index in [2.05, 4.69) is 4.99 Å². The molecule has 0 saturated carbocycles. The first-order valence-electron chi connectivity index (χ1n) is 7.95. The van der Waals surface area contributed by atoms with Crippen molar-refractivity contribution in [3.63, 3.8) is 0 Å². The number of aryl methyl sites for hydroxylation is 1. The standard InChI is InChI=1S/C20H17Cl2NO2/c1-12-2-4-13(5-3-12)14-8-19(24)16(20(25)9-14)11-23-15-6-7-17(21)18(22)10-15/h2-7,10-11,14,24H,8-9H2,1H3. The molecule has 0 amide bonds. The van der Waals surface area contributed by atoms with Crippen LogP contribution < -0.4 is 0 Å².